The van der Waals surface area contributed by atoms with E-state index in [4.69, 9.17) is 0 Å². The molecule has 2 aromatic carbocycles. The minimum absolute atomic E-state index is 0.0603. The molecule has 1 aliphatic heterocycles. The number of para-hydroxylation sites is 1. The molecule has 0 radical (unpaired) electrons. The molecule has 0 amide bonds. The van der Waals surface area contributed by atoms with Gasteiger partial charge in [0.25, 0.3) is 0 Å². The van der Waals surface area contributed by atoms with Crippen LogP contribution in [0.1, 0.15) is 12.6 Å². The molecular formula is C21H26N6O2S. The number of hydrogen-bond donors (Lipinski definition) is 1. The van der Waals surface area contributed by atoms with E-state index in [-0.39, 0.29) is 5.75 Å². The summed E-state index contributed by atoms with van der Waals surface area (Å²) in [7, 11) is -3.27. The van der Waals surface area contributed by atoms with E-state index in [9.17, 15) is 8.42 Å². The third kappa shape index (κ3) is 4.98. The number of nitrogens with zero attached hydrogens (tertiary/aromatic N) is 5. The van der Waals surface area contributed by atoms with Gasteiger partial charge in [-0.15, -0.1) is 5.10 Å². The second-order valence-corrected chi connectivity index (χ2v) is 9.32. The van der Waals surface area contributed by atoms with Crippen LogP contribution in [-0.2, 0) is 16.6 Å². The van der Waals surface area contributed by atoms with Crippen molar-refractivity contribution < 1.29 is 8.42 Å². The first-order chi connectivity index (χ1) is 14.5. The lowest BCUT2D eigenvalue weighted by Crippen LogP contribution is -2.46. The first-order valence-corrected chi connectivity index (χ1v) is 11.7. The molecule has 0 aliphatic carbocycles. The summed E-state index contributed by atoms with van der Waals surface area (Å²) in [5, 5.41) is 8.54. The summed E-state index contributed by atoms with van der Waals surface area (Å²) in [5.41, 5.74) is 3.58. The fourth-order valence-electron chi connectivity index (χ4n) is 3.49. The molecule has 9 heteroatoms. The van der Waals surface area contributed by atoms with Gasteiger partial charge in [-0.2, -0.15) is 0 Å². The molecule has 1 saturated heterocycles. The van der Waals surface area contributed by atoms with Gasteiger partial charge >= 0.3 is 0 Å². The van der Waals surface area contributed by atoms with E-state index in [2.05, 4.69) is 24.8 Å². The number of nitrogens with one attached hydrogen (secondary N) is 1. The van der Waals surface area contributed by atoms with Crippen LogP contribution >= 0.6 is 0 Å². The highest BCUT2D eigenvalue weighted by molar-refractivity contribution is 7.92. The van der Waals surface area contributed by atoms with Crippen LogP contribution < -0.4 is 9.62 Å². The quantitative estimate of drug-likeness (QED) is 0.624. The summed E-state index contributed by atoms with van der Waals surface area (Å²) in [4.78, 5) is 4.64. The fourth-order valence-corrected chi connectivity index (χ4v) is 4.12. The van der Waals surface area contributed by atoms with Gasteiger partial charge in [0.05, 0.1) is 29.0 Å². The molecule has 30 heavy (non-hydrogen) atoms. The molecule has 0 spiro atoms. The number of rotatable bonds is 7. The van der Waals surface area contributed by atoms with E-state index in [1.807, 2.05) is 54.7 Å². The number of anilines is 2. The molecule has 8 nitrogen and oxygen atoms in total. The lowest BCUT2D eigenvalue weighted by atomic mass is 10.2. The van der Waals surface area contributed by atoms with Gasteiger partial charge < -0.3 is 4.90 Å². The van der Waals surface area contributed by atoms with Crippen molar-refractivity contribution in [2.24, 2.45) is 0 Å². The normalized spacial score (nSPS) is 15.3. The molecule has 1 fully saturated rings. The van der Waals surface area contributed by atoms with Gasteiger partial charge in [0, 0.05) is 38.4 Å². The summed E-state index contributed by atoms with van der Waals surface area (Å²) in [6.07, 6.45) is 1.98. The number of piperazine rings is 1. The molecule has 1 aromatic heterocycles. The lowest BCUT2D eigenvalue weighted by molar-refractivity contribution is 0.247. The molecule has 3 aromatic rings. The van der Waals surface area contributed by atoms with Gasteiger partial charge in [-0.05, 0) is 37.3 Å². The maximum absolute atomic E-state index is 11.8. The summed E-state index contributed by atoms with van der Waals surface area (Å²) < 4.78 is 28.1. The Morgan fingerprint density at radius 2 is 1.70 bits per heavy atom. The van der Waals surface area contributed by atoms with E-state index in [1.54, 1.807) is 17.7 Å². The standard InChI is InChI=1S/C21H26N6O2S/c1-2-30(28,29)23-18-7-6-10-21(15-18)26-13-11-25(12-14-26)16-19-17-27(24-22-19)20-8-4-3-5-9-20/h3-10,15,17,23H,2,11-14,16H2,1H3. The van der Waals surface area contributed by atoms with Crippen LogP contribution in [0.25, 0.3) is 5.69 Å². The maximum atomic E-state index is 11.8. The zero-order valence-corrected chi connectivity index (χ0v) is 17.8. The minimum Gasteiger partial charge on any atom is -0.369 e. The second-order valence-electron chi connectivity index (χ2n) is 7.31. The van der Waals surface area contributed by atoms with Crippen molar-refractivity contribution in [3.05, 3.63) is 66.5 Å². The molecule has 0 bridgehead atoms. The predicted molar refractivity (Wildman–Crippen MR) is 118 cm³/mol. The Bertz CT molecular complexity index is 1080. The molecular weight excluding hydrogens is 400 g/mol. The van der Waals surface area contributed by atoms with Crippen LogP contribution in [0.15, 0.2) is 60.8 Å². The first-order valence-electron chi connectivity index (χ1n) is 10.1. The predicted octanol–water partition coefficient (Wildman–Crippen LogP) is 2.35. The van der Waals surface area contributed by atoms with E-state index in [0.29, 0.717) is 5.69 Å². The monoisotopic (exact) mass is 426 g/mol. The molecule has 4 rings (SSSR count). The van der Waals surface area contributed by atoms with Crippen molar-refractivity contribution in [3.63, 3.8) is 0 Å². The van der Waals surface area contributed by atoms with Gasteiger partial charge in [0.15, 0.2) is 0 Å². The summed E-state index contributed by atoms with van der Waals surface area (Å²) in [6, 6.07) is 17.5. The Labute approximate surface area is 177 Å². The molecule has 0 atom stereocenters. The van der Waals surface area contributed by atoms with Crippen molar-refractivity contribution in [2.75, 3.05) is 41.6 Å². The van der Waals surface area contributed by atoms with Crippen LogP contribution in [0.4, 0.5) is 11.4 Å². The van der Waals surface area contributed by atoms with Crippen LogP contribution in [0.3, 0.4) is 0 Å². The highest BCUT2D eigenvalue weighted by Gasteiger charge is 2.19. The molecule has 0 saturated carbocycles. The molecule has 1 N–H and O–H groups in total. The van der Waals surface area contributed by atoms with Gasteiger partial charge in [-0.1, -0.05) is 29.5 Å². The van der Waals surface area contributed by atoms with Crippen LogP contribution in [0, 0.1) is 0 Å². The van der Waals surface area contributed by atoms with Crippen molar-refractivity contribution in [2.45, 2.75) is 13.5 Å². The molecule has 1 aliphatic rings. The van der Waals surface area contributed by atoms with Crippen LogP contribution in [0.5, 0.6) is 0 Å². The fraction of sp³-hybridized carbons (Fsp3) is 0.333. The Balaban J connectivity index is 1.34. The topological polar surface area (TPSA) is 83.4 Å². The number of sulfonamides is 1. The average molecular weight is 427 g/mol. The largest absolute Gasteiger partial charge is 0.369 e. The van der Waals surface area contributed by atoms with Crippen molar-refractivity contribution in [1.29, 1.82) is 0 Å². The van der Waals surface area contributed by atoms with Gasteiger partial charge in [-0.25, -0.2) is 13.1 Å². The maximum Gasteiger partial charge on any atom is 0.232 e. The number of aromatic nitrogens is 3. The second kappa shape index (κ2) is 8.85. The highest BCUT2D eigenvalue weighted by atomic mass is 32.2. The number of benzene rings is 2. The Morgan fingerprint density at radius 3 is 2.43 bits per heavy atom. The van der Waals surface area contributed by atoms with Gasteiger partial charge in [0.1, 0.15) is 0 Å². The van der Waals surface area contributed by atoms with Crippen LogP contribution in [0.2, 0.25) is 0 Å². The lowest BCUT2D eigenvalue weighted by Gasteiger charge is -2.35. The third-order valence-corrected chi connectivity index (χ3v) is 6.49. The van der Waals surface area contributed by atoms with Gasteiger partial charge in [-0.3, -0.25) is 9.62 Å². The van der Waals surface area contributed by atoms with Crippen molar-refractivity contribution in [1.82, 2.24) is 19.9 Å². The smallest absolute Gasteiger partial charge is 0.232 e. The van der Waals surface area contributed by atoms with E-state index in [0.717, 1.165) is 49.8 Å². The van der Waals surface area contributed by atoms with Crippen LogP contribution in [-0.4, -0.2) is 60.2 Å². The first kappa shape index (κ1) is 20.4. The molecule has 0 unspecified atom stereocenters. The van der Waals surface area contributed by atoms with Gasteiger partial charge in [0.2, 0.25) is 10.0 Å². The van der Waals surface area contributed by atoms with E-state index in [1.165, 1.54) is 0 Å². The SMILES string of the molecule is CCS(=O)(=O)Nc1cccc(N2CCN(Cc3cn(-c4ccccc4)nn3)CC2)c1. The highest BCUT2D eigenvalue weighted by Crippen LogP contribution is 2.22. The van der Waals surface area contributed by atoms with Crippen molar-refractivity contribution in [3.8, 4) is 5.69 Å². The minimum atomic E-state index is -3.27. The molecule has 158 valence electrons. The number of hydrogen-bond acceptors (Lipinski definition) is 6. The average Bonchev–Trinajstić information content (AvgIpc) is 3.23. The third-order valence-electron chi connectivity index (χ3n) is 5.18. The van der Waals surface area contributed by atoms with Crippen molar-refractivity contribution >= 4 is 21.4 Å². The summed E-state index contributed by atoms with van der Waals surface area (Å²) in [5.74, 6) is 0.0603. The van der Waals surface area contributed by atoms with E-state index >= 15 is 0 Å². The zero-order valence-electron chi connectivity index (χ0n) is 17.0. The Hall–Kier alpha value is -2.91. The van der Waals surface area contributed by atoms with E-state index < -0.39 is 10.0 Å². The summed E-state index contributed by atoms with van der Waals surface area (Å²) >= 11 is 0. The Morgan fingerprint density at radius 1 is 0.967 bits per heavy atom. The Kier molecular flexibility index (Phi) is 6.01. The summed E-state index contributed by atoms with van der Waals surface area (Å²) in [6.45, 7) is 5.95. The zero-order chi connectivity index (χ0) is 21.0. The molecule has 2 heterocycles.